The molecule has 4 rings (SSSR count). The minimum Gasteiger partial charge on any atom is -0.384 e. The standard InChI is InChI=1S/C19H22N4O4S/c24-23(25)18-7-6-17-16(8-11-20-17)19(18)22-12-9-14(10-13-22)21-28(26,27)15-4-2-1-3-5-15/h1-7,14,20-21H,8-13H2. The van der Waals surface area contributed by atoms with E-state index in [0.29, 0.717) is 31.6 Å². The number of nitro benzene ring substituents is 1. The summed E-state index contributed by atoms with van der Waals surface area (Å²) in [6.07, 6.45) is 1.95. The van der Waals surface area contributed by atoms with Crippen molar-refractivity contribution >= 4 is 27.1 Å². The van der Waals surface area contributed by atoms with Gasteiger partial charge in [0.15, 0.2) is 0 Å². The zero-order chi connectivity index (χ0) is 19.7. The quantitative estimate of drug-likeness (QED) is 0.588. The minimum atomic E-state index is -3.56. The minimum absolute atomic E-state index is 0.116. The summed E-state index contributed by atoms with van der Waals surface area (Å²) >= 11 is 0. The van der Waals surface area contributed by atoms with Crippen LogP contribution in [0.4, 0.5) is 17.1 Å². The first-order valence-electron chi connectivity index (χ1n) is 9.32. The van der Waals surface area contributed by atoms with Crippen LogP contribution < -0.4 is 14.9 Å². The molecule has 1 saturated heterocycles. The summed E-state index contributed by atoms with van der Waals surface area (Å²) < 4.78 is 27.8. The van der Waals surface area contributed by atoms with Crippen molar-refractivity contribution in [3.63, 3.8) is 0 Å². The van der Waals surface area contributed by atoms with Gasteiger partial charge in [-0.1, -0.05) is 18.2 Å². The summed E-state index contributed by atoms with van der Waals surface area (Å²) in [5.74, 6) is 0. The molecule has 2 heterocycles. The Bertz CT molecular complexity index is 986. The molecule has 0 radical (unpaired) electrons. The molecule has 2 aromatic carbocycles. The molecule has 0 saturated carbocycles. The van der Waals surface area contributed by atoms with Crippen LogP contribution in [0.1, 0.15) is 18.4 Å². The normalized spacial score (nSPS) is 17.2. The highest BCUT2D eigenvalue weighted by molar-refractivity contribution is 7.89. The Hall–Kier alpha value is -2.65. The van der Waals surface area contributed by atoms with Crippen LogP contribution >= 0.6 is 0 Å². The number of sulfonamides is 1. The van der Waals surface area contributed by atoms with Gasteiger partial charge >= 0.3 is 0 Å². The van der Waals surface area contributed by atoms with Crippen LogP contribution in [0.3, 0.4) is 0 Å². The first kappa shape index (κ1) is 18.7. The highest BCUT2D eigenvalue weighted by Gasteiger charge is 2.31. The predicted molar refractivity (Wildman–Crippen MR) is 107 cm³/mol. The average molecular weight is 402 g/mol. The molecule has 2 aliphatic rings. The maximum absolute atomic E-state index is 12.5. The molecule has 148 valence electrons. The summed E-state index contributed by atoms with van der Waals surface area (Å²) in [6, 6.07) is 11.4. The number of anilines is 2. The van der Waals surface area contributed by atoms with Crippen molar-refractivity contribution in [1.29, 1.82) is 0 Å². The van der Waals surface area contributed by atoms with Gasteiger partial charge in [-0.25, -0.2) is 13.1 Å². The molecule has 2 aromatic rings. The van der Waals surface area contributed by atoms with E-state index in [9.17, 15) is 18.5 Å². The summed E-state index contributed by atoms with van der Waals surface area (Å²) in [5, 5.41) is 14.8. The largest absolute Gasteiger partial charge is 0.384 e. The van der Waals surface area contributed by atoms with Crippen LogP contribution in [0.25, 0.3) is 0 Å². The Labute approximate surface area is 163 Å². The van der Waals surface area contributed by atoms with Crippen molar-refractivity contribution < 1.29 is 13.3 Å². The van der Waals surface area contributed by atoms with Crippen LogP contribution in [0, 0.1) is 10.1 Å². The topological polar surface area (TPSA) is 105 Å². The zero-order valence-corrected chi connectivity index (χ0v) is 16.1. The third-order valence-corrected chi connectivity index (χ3v) is 6.87. The third kappa shape index (κ3) is 3.55. The van der Waals surface area contributed by atoms with Gasteiger partial charge in [0.25, 0.3) is 5.69 Å². The van der Waals surface area contributed by atoms with Crippen molar-refractivity contribution in [3.05, 3.63) is 58.1 Å². The molecule has 0 atom stereocenters. The van der Waals surface area contributed by atoms with Crippen LogP contribution in [-0.2, 0) is 16.4 Å². The van der Waals surface area contributed by atoms with Gasteiger partial charge < -0.3 is 10.2 Å². The van der Waals surface area contributed by atoms with Crippen LogP contribution in [0.5, 0.6) is 0 Å². The van der Waals surface area contributed by atoms with Gasteiger partial charge in [-0.3, -0.25) is 10.1 Å². The fourth-order valence-corrected chi connectivity index (χ4v) is 5.30. The zero-order valence-electron chi connectivity index (χ0n) is 15.3. The van der Waals surface area contributed by atoms with E-state index in [1.807, 2.05) is 4.90 Å². The maximum Gasteiger partial charge on any atom is 0.292 e. The molecular formula is C19H22N4O4S. The number of rotatable bonds is 5. The Morgan fingerprint density at radius 1 is 1.11 bits per heavy atom. The molecule has 0 unspecified atom stereocenters. The van der Waals surface area contributed by atoms with E-state index in [1.165, 1.54) is 0 Å². The number of piperidine rings is 1. The first-order chi connectivity index (χ1) is 13.5. The summed E-state index contributed by atoms with van der Waals surface area (Å²) in [7, 11) is -3.56. The van der Waals surface area contributed by atoms with Gasteiger partial charge in [-0.2, -0.15) is 0 Å². The Morgan fingerprint density at radius 3 is 2.50 bits per heavy atom. The number of fused-ring (bicyclic) bond motifs is 1. The van der Waals surface area contributed by atoms with E-state index in [4.69, 9.17) is 0 Å². The lowest BCUT2D eigenvalue weighted by atomic mass is 10.0. The maximum atomic E-state index is 12.5. The van der Waals surface area contributed by atoms with Crippen molar-refractivity contribution in [2.24, 2.45) is 0 Å². The van der Waals surface area contributed by atoms with Crippen molar-refractivity contribution in [2.75, 3.05) is 29.9 Å². The lowest BCUT2D eigenvalue weighted by molar-refractivity contribution is -0.384. The van der Waals surface area contributed by atoms with Gasteiger partial charge in [-0.15, -0.1) is 0 Å². The number of nitro groups is 1. The fraction of sp³-hybridized carbons (Fsp3) is 0.368. The van der Waals surface area contributed by atoms with Crippen molar-refractivity contribution in [1.82, 2.24) is 4.72 Å². The highest BCUT2D eigenvalue weighted by Crippen LogP contribution is 2.40. The molecule has 0 aromatic heterocycles. The van der Waals surface area contributed by atoms with Gasteiger partial charge in [0.05, 0.1) is 9.82 Å². The van der Waals surface area contributed by atoms with Gasteiger partial charge in [0.2, 0.25) is 10.0 Å². The van der Waals surface area contributed by atoms with E-state index >= 15 is 0 Å². The summed E-state index contributed by atoms with van der Waals surface area (Å²) in [6.45, 7) is 1.91. The number of nitrogens with zero attached hydrogens (tertiary/aromatic N) is 2. The van der Waals surface area contributed by atoms with Crippen molar-refractivity contribution in [2.45, 2.75) is 30.2 Å². The van der Waals surface area contributed by atoms with E-state index < -0.39 is 10.0 Å². The smallest absolute Gasteiger partial charge is 0.292 e. The lowest BCUT2D eigenvalue weighted by Gasteiger charge is -2.34. The van der Waals surface area contributed by atoms with Gasteiger partial charge in [-0.05, 0) is 37.5 Å². The SMILES string of the molecule is O=[N+]([O-])c1ccc2c(c1N1CCC(NS(=O)(=O)c3ccccc3)CC1)CCN2. The molecule has 9 heteroatoms. The van der Waals surface area contributed by atoms with Gasteiger partial charge in [0.1, 0.15) is 5.69 Å². The highest BCUT2D eigenvalue weighted by atomic mass is 32.2. The fourth-order valence-electron chi connectivity index (χ4n) is 3.97. The molecule has 0 amide bonds. The number of benzene rings is 2. The van der Waals surface area contributed by atoms with Crippen LogP contribution in [0.2, 0.25) is 0 Å². The lowest BCUT2D eigenvalue weighted by Crippen LogP contribution is -2.45. The molecule has 2 N–H and O–H groups in total. The van der Waals surface area contributed by atoms with E-state index in [1.54, 1.807) is 42.5 Å². The molecule has 28 heavy (non-hydrogen) atoms. The molecule has 8 nitrogen and oxygen atoms in total. The Kier molecular flexibility index (Phi) is 4.94. The number of hydrogen-bond donors (Lipinski definition) is 2. The van der Waals surface area contributed by atoms with Gasteiger partial charge in [0, 0.05) is 43.0 Å². The molecule has 0 spiro atoms. The number of hydrogen-bond acceptors (Lipinski definition) is 6. The molecular weight excluding hydrogens is 380 g/mol. The van der Waals surface area contributed by atoms with Crippen LogP contribution in [-0.4, -0.2) is 39.0 Å². The third-order valence-electron chi connectivity index (χ3n) is 5.34. The van der Waals surface area contributed by atoms with Crippen molar-refractivity contribution in [3.8, 4) is 0 Å². The van der Waals surface area contributed by atoms with Crippen LogP contribution in [0.15, 0.2) is 47.4 Å². The molecule has 0 aliphatic carbocycles. The number of nitrogens with one attached hydrogen (secondary N) is 2. The first-order valence-corrected chi connectivity index (χ1v) is 10.8. The van der Waals surface area contributed by atoms with E-state index in [2.05, 4.69) is 10.0 Å². The predicted octanol–water partition coefficient (Wildman–Crippen LogP) is 2.51. The molecule has 2 aliphatic heterocycles. The Morgan fingerprint density at radius 2 is 1.82 bits per heavy atom. The Balaban J connectivity index is 1.50. The molecule has 0 bridgehead atoms. The second-order valence-electron chi connectivity index (χ2n) is 7.09. The van der Waals surface area contributed by atoms with E-state index in [-0.39, 0.29) is 21.5 Å². The van der Waals surface area contributed by atoms with E-state index in [0.717, 1.165) is 24.2 Å². The molecule has 1 fully saturated rings. The summed E-state index contributed by atoms with van der Waals surface area (Å²) in [5.41, 5.74) is 2.73. The second-order valence-corrected chi connectivity index (χ2v) is 8.80. The monoisotopic (exact) mass is 402 g/mol. The summed E-state index contributed by atoms with van der Waals surface area (Å²) in [4.78, 5) is 13.5. The second kappa shape index (κ2) is 7.40. The average Bonchev–Trinajstić information content (AvgIpc) is 3.17.